The van der Waals surface area contributed by atoms with Gasteiger partial charge in [-0.15, -0.1) is 0 Å². The highest BCUT2D eigenvalue weighted by Gasteiger charge is 2.31. The molecule has 3 nitrogen and oxygen atoms in total. The molecule has 94 valence electrons. The minimum Gasteiger partial charge on any atom is -0.391 e. The summed E-state index contributed by atoms with van der Waals surface area (Å²) in [6, 6.07) is 1.65. The predicted molar refractivity (Wildman–Crippen MR) is 66.5 cm³/mol. The predicted octanol–water partition coefficient (Wildman–Crippen LogP) is 1.36. The van der Waals surface area contributed by atoms with Crippen molar-refractivity contribution in [2.45, 2.75) is 70.2 Å². The molecule has 0 spiro atoms. The van der Waals surface area contributed by atoms with E-state index in [4.69, 9.17) is 0 Å². The molecular formula is C13H26N2O. The van der Waals surface area contributed by atoms with E-state index in [9.17, 15) is 5.11 Å². The molecule has 2 atom stereocenters. The Morgan fingerprint density at radius 3 is 2.44 bits per heavy atom. The van der Waals surface area contributed by atoms with Gasteiger partial charge in [0.05, 0.1) is 6.10 Å². The standard InChI is InChI=1S/C13H26N2O/c1-10(2)15(11-5-3-4-6-11)9-12-13(16)7-8-14-12/h10-14,16H,3-9H2,1-2H3. The zero-order valence-corrected chi connectivity index (χ0v) is 10.7. The van der Waals surface area contributed by atoms with Gasteiger partial charge in [-0.05, 0) is 39.7 Å². The number of nitrogens with one attached hydrogen (secondary N) is 1. The number of aliphatic hydroxyl groups is 1. The van der Waals surface area contributed by atoms with Crippen LogP contribution in [0.15, 0.2) is 0 Å². The molecule has 1 aliphatic carbocycles. The summed E-state index contributed by atoms with van der Waals surface area (Å²) in [4.78, 5) is 2.60. The van der Waals surface area contributed by atoms with Gasteiger partial charge >= 0.3 is 0 Å². The van der Waals surface area contributed by atoms with Crippen LogP contribution in [0.1, 0.15) is 46.0 Å². The van der Waals surface area contributed by atoms with Crippen LogP contribution in [0.25, 0.3) is 0 Å². The maximum atomic E-state index is 9.87. The van der Waals surface area contributed by atoms with Gasteiger partial charge in [-0.2, -0.15) is 0 Å². The highest BCUT2D eigenvalue weighted by Crippen LogP contribution is 2.26. The molecule has 0 aromatic carbocycles. The van der Waals surface area contributed by atoms with Gasteiger partial charge < -0.3 is 10.4 Å². The van der Waals surface area contributed by atoms with E-state index in [-0.39, 0.29) is 6.10 Å². The normalized spacial score (nSPS) is 32.1. The smallest absolute Gasteiger partial charge is 0.0717 e. The van der Waals surface area contributed by atoms with Crippen LogP contribution >= 0.6 is 0 Å². The maximum absolute atomic E-state index is 9.87. The maximum Gasteiger partial charge on any atom is 0.0717 e. The molecular weight excluding hydrogens is 200 g/mol. The van der Waals surface area contributed by atoms with Gasteiger partial charge in [0, 0.05) is 24.7 Å². The average molecular weight is 226 g/mol. The van der Waals surface area contributed by atoms with Crippen molar-refractivity contribution in [2.24, 2.45) is 0 Å². The Balaban J connectivity index is 1.91. The first kappa shape index (κ1) is 12.3. The molecule has 1 saturated heterocycles. The average Bonchev–Trinajstić information content (AvgIpc) is 2.85. The molecule has 3 heteroatoms. The lowest BCUT2D eigenvalue weighted by Gasteiger charge is -2.35. The van der Waals surface area contributed by atoms with Crippen molar-refractivity contribution < 1.29 is 5.11 Å². The molecule has 2 rings (SSSR count). The Labute approximate surface area is 99.2 Å². The van der Waals surface area contributed by atoms with Gasteiger partial charge in [-0.3, -0.25) is 4.90 Å². The first-order valence-corrected chi connectivity index (χ1v) is 6.85. The number of nitrogens with zero attached hydrogens (tertiary/aromatic N) is 1. The molecule has 2 fully saturated rings. The first-order chi connectivity index (χ1) is 7.68. The van der Waals surface area contributed by atoms with Crippen LogP contribution in [0.3, 0.4) is 0 Å². The summed E-state index contributed by atoms with van der Waals surface area (Å²) in [5.41, 5.74) is 0. The third kappa shape index (κ3) is 2.76. The summed E-state index contributed by atoms with van der Waals surface area (Å²) in [7, 11) is 0. The Morgan fingerprint density at radius 2 is 1.94 bits per heavy atom. The lowest BCUT2D eigenvalue weighted by molar-refractivity contribution is 0.0931. The summed E-state index contributed by atoms with van der Waals surface area (Å²) in [6.07, 6.45) is 6.24. The van der Waals surface area contributed by atoms with Crippen LogP contribution < -0.4 is 5.32 Å². The van der Waals surface area contributed by atoms with Gasteiger partial charge in [0.15, 0.2) is 0 Å². The third-order valence-corrected chi connectivity index (χ3v) is 4.18. The van der Waals surface area contributed by atoms with E-state index in [1.54, 1.807) is 0 Å². The van der Waals surface area contributed by atoms with Crippen LogP contribution in [0.2, 0.25) is 0 Å². The Bertz CT molecular complexity index is 214. The van der Waals surface area contributed by atoms with Crippen LogP contribution in [-0.4, -0.2) is 47.3 Å². The second kappa shape index (κ2) is 5.48. The van der Waals surface area contributed by atoms with Crippen LogP contribution in [0, 0.1) is 0 Å². The summed E-state index contributed by atoms with van der Waals surface area (Å²) in [5.74, 6) is 0. The summed E-state index contributed by atoms with van der Waals surface area (Å²) in [6.45, 7) is 6.55. The van der Waals surface area contributed by atoms with Gasteiger partial charge in [0.1, 0.15) is 0 Å². The topological polar surface area (TPSA) is 35.5 Å². The number of rotatable bonds is 4. The molecule has 0 aromatic heterocycles. The third-order valence-electron chi connectivity index (χ3n) is 4.18. The highest BCUT2D eigenvalue weighted by atomic mass is 16.3. The quantitative estimate of drug-likeness (QED) is 0.760. The fourth-order valence-electron chi connectivity index (χ4n) is 3.18. The van der Waals surface area contributed by atoms with Crippen LogP contribution in [0.4, 0.5) is 0 Å². The molecule has 1 aliphatic heterocycles. The van der Waals surface area contributed by atoms with Crippen molar-refractivity contribution in [1.82, 2.24) is 10.2 Å². The lowest BCUT2D eigenvalue weighted by atomic mass is 10.1. The summed E-state index contributed by atoms with van der Waals surface area (Å²) in [5, 5.41) is 13.3. The van der Waals surface area contributed by atoms with Crippen molar-refractivity contribution >= 4 is 0 Å². The SMILES string of the molecule is CC(C)N(CC1NCCC1O)C1CCCC1. The van der Waals surface area contributed by atoms with E-state index in [1.807, 2.05) is 0 Å². The van der Waals surface area contributed by atoms with Gasteiger partial charge in [-0.1, -0.05) is 12.8 Å². The van der Waals surface area contributed by atoms with E-state index < -0.39 is 0 Å². The van der Waals surface area contributed by atoms with Gasteiger partial charge in [-0.25, -0.2) is 0 Å². The monoisotopic (exact) mass is 226 g/mol. The van der Waals surface area contributed by atoms with Crippen LogP contribution in [-0.2, 0) is 0 Å². The zero-order valence-electron chi connectivity index (χ0n) is 10.7. The Morgan fingerprint density at radius 1 is 1.25 bits per heavy atom. The first-order valence-electron chi connectivity index (χ1n) is 6.85. The molecule has 0 radical (unpaired) electrons. The molecule has 1 saturated carbocycles. The molecule has 0 aromatic rings. The van der Waals surface area contributed by atoms with E-state index in [0.717, 1.165) is 25.6 Å². The fourth-order valence-corrected chi connectivity index (χ4v) is 3.18. The molecule has 2 aliphatic rings. The molecule has 0 bridgehead atoms. The lowest BCUT2D eigenvalue weighted by Crippen LogP contribution is -2.48. The van der Waals surface area contributed by atoms with Gasteiger partial charge in [0.25, 0.3) is 0 Å². The number of hydrogen-bond donors (Lipinski definition) is 2. The number of aliphatic hydroxyl groups excluding tert-OH is 1. The van der Waals surface area contributed by atoms with Crippen LogP contribution in [0.5, 0.6) is 0 Å². The van der Waals surface area contributed by atoms with Crippen molar-refractivity contribution in [3.8, 4) is 0 Å². The van der Waals surface area contributed by atoms with E-state index in [0.29, 0.717) is 12.1 Å². The second-order valence-electron chi connectivity index (χ2n) is 5.65. The minimum atomic E-state index is -0.136. The minimum absolute atomic E-state index is 0.136. The summed E-state index contributed by atoms with van der Waals surface area (Å²) < 4.78 is 0. The fraction of sp³-hybridized carbons (Fsp3) is 1.00. The molecule has 2 unspecified atom stereocenters. The van der Waals surface area contributed by atoms with Crippen molar-refractivity contribution in [3.63, 3.8) is 0 Å². The van der Waals surface area contributed by atoms with Crippen molar-refractivity contribution in [3.05, 3.63) is 0 Å². The zero-order chi connectivity index (χ0) is 11.5. The van der Waals surface area contributed by atoms with E-state index in [1.165, 1.54) is 25.7 Å². The molecule has 2 N–H and O–H groups in total. The van der Waals surface area contributed by atoms with E-state index >= 15 is 0 Å². The van der Waals surface area contributed by atoms with Gasteiger partial charge in [0.2, 0.25) is 0 Å². The second-order valence-corrected chi connectivity index (χ2v) is 5.65. The Kier molecular flexibility index (Phi) is 4.22. The number of hydrogen-bond acceptors (Lipinski definition) is 3. The summed E-state index contributed by atoms with van der Waals surface area (Å²) >= 11 is 0. The van der Waals surface area contributed by atoms with Crippen molar-refractivity contribution in [1.29, 1.82) is 0 Å². The van der Waals surface area contributed by atoms with E-state index in [2.05, 4.69) is 24.1 Å². The largest absolute Gasteiger partial charge is 0.391 e. The highest BCUT2D eigenvalue weighted by molar-refractivity contribution is 4.89. The molecule has 16 heavy (non-hydrogen) atoms. The van der Waals surface area contributed by atoms with Crippen molar-refractivity contribution in [2.75, 3.05) is 13.1 Å². The molecule has 0 amide bonds. The Hall–Kier alpha value is -0.120. The molecule has 1 heterocycles.